The molecule has 0 saturated carbocycles. The maximum Gasteiger partial charge on any atom is 0.356 e. The molecule has 0 aliphatic carbocycles. The molecule has 0 radical (unpaired) electrons. The van der Waals surface area contributed by atoms with Crippen LogP contribution >= 0.6 is 0 Å². The summed E-state index contributed by atoms with van der Waals surface area (Å²) in [5.74, 6) is -0.508. The molecule has 0 spiro atoms. The molecule has 1 fully saturated rings. The molecule has 112 valence electrons. The minimum atomic E-state index is -0.962. The van der Waals surface area contributed by atoms with Gasteiger partial charge >= 0.3 is 5.97 Å². The average molecular weight is 288 g/mol. The van der Waals surface area contributed by atoms with Crippen molar-refractivity contribution in [1.82, 2.24) is 14.3 Å². The lowest BCUT2D eigenvalue weighted by Crippen LogP contribution is -2.22. The van der Waals surface area contributed by atoms with Crippen molar-refractivity contribution >= 4 is 17.4 Å². The first-order valence-corrected chi connectivity index (χ1v) is 7.42. The zero-order valence-corrected chi connectivity index (χ0v) is 12.0. The third kappa shape index (κ3) is 3.00. The Kier molecular flexibility index (Phi) is 4.06. The number of aromatic nitrogens is 2. The number of imidazole rings is 1. The van der Waals surface area contributed by atoms with Gasteiger partial charge in [-0.3, -0.25) is 4.40 Å². The standard InChI is InChI=1S/C15H20N4O2/c20-15(21)13-14(17-12-6-1-2-11-19(12)13)16-7-5-10-18-8-3-4-9-18/h1-2,6,11,16H,3-5,7-10H2,(H,20,21). The van der Waals surface area contributed by atoms with Crippen molar-refractivity contribution in [3.05, 3.63) is 30.1 Å². The molecule has 1 saturated heterocycles. The number of rotatable bonds is 6. The SMILES string of the molecule is O=C(O)c1c(NCCCN2CCCC2)nc2ccccn12. The topological polar surface area (TPSA) is 69.9 Å². The number of nitrogens with zero attached hydrogens (tertiary/aromatic N) is 3. The van der Waals surface area contributed by atoms with Gasteiger partial charge in [-0.1, -0.05) is 6.07 Å². The fourth-order valence-electron chi connectivity index (χ4n) is 2.84. The van der Waals surface area contributed by atoms with Crippen LogP contribution in [0.5, 0.6) is 0 Å². The van der Waals surface area contributed by atoms with E-state index in [0.29, 0.717) is 11.5 Å². The second-order valence-electron chi connectivity index (χ2n) is 5.37. The molecule has 1 aliphatic rings. The maximum absolute atomic E-state index is 11.4. The van der Waals surface area contributed by atoms with E-state index in [4.69, 9.17) is 0 Å². The summed E-state index contributed by atoms with van der Waals surface area (Å²) >= 11 is 0. The molecule has 2 N–H and O–H groups in total. The summed E-state index contributed by atoms with van der Waals surface area (Å²) in [6.07, 6.45) is 5.31. The fourth-order valence-corrected chi connectivity index (χ4v) is 2.84. The summed E-state index contributed by atoms with van der Waals surface area (Å²) in [7, 11) is 0. The first-order chi connectivity index (χ1) is 10.3. The summed E-state index contributed by atoms with van der Waals surface area (Å²) in [5.41, 5.74) is 0.851. The van der Waals surface area contributed by atoms with Gasteiger partial charge in [0.25, 0.3) is 0 Å². The van der Waals surface area contributed by atoms with E-state index in [2.05, 4.69) is 15.2 Å². The molecule has 6 nitrogen and oxygen atoms in total. The number of pyridine rings is 1. The molecule has 0 atom stereocenters. The molecule has 0 amide bonds. The summed E-state index contributed by atoms with van der Waals surface area (Å²) in [4.78, 5) is 18.2. The van der Waals surface area contributed by atoms with Crippen LogP contribution in [0.2, 0.25) is 0 Å². The van der Waals surface area contributed by atoms with Crippen molar-refractivity contribution in [2.24, 2.45) is 0 Å². The second-order valence-corrected chi connectivity index (χ2v) is 5.37. The number of hydrogen-bond acceptors (Lipinski definition) is 4. The second kappa shape index (κ2) is 6.13. The van der Waals surface area contributed by atoms with Crippen LogP contribution < -0.4 is 5.32 Å². The summed E-state index contributed by atoms with van der Waals surface area (Å²) in [6.45, 7) is 4.17. The van der Waals surface area contributed by atoms with Crippen LogP contribution in [0.15, 0.2) is 24.4 Å². The van der Waals surface area contributed by atoms with Crippen LogP contribution in [0.25, 0.3) is 5.65 Å². The van der Waals surface area contributed by atoms with Gasteiger partial charge in [-0.2, -0.15) is 0 Å². The number of carboxylic acids is 1. The van der Waals surface area contributed by atoms with E-state index in [1.807, 2.05) is 12.1 Å². The van der Waals surface area contributed by atoms with Gasteiger partial charge in [0.05, 0.1) is 0 Å². The molecule has 2 aromatic rings. The van der Waals surface area contributed by atoms with Gasteiger partial charge in [0.2, 0.25) is 0 Å². The van der Waals surface area contributed by atoms with Gasteiger partial charge in [-0.05, 0) is 51.0 Å². The van der Waals surface area contributed by atoms with Crippen LogP contribution in [0.4, 0.5) is 5.82 Å². The van der Waals surface area contributed by atoms with E-state index in [1.54, 1.807) is 16.7 Å². The number of nitrogens with one attached hydrogen (secondary N) is 1. The molecule has 0 unspecified atom stereocenters. The van der Waals surface area contributed by atoms with Crippen molar-refractivity contribution < 1.29 is 9.90 Å². The Morgan fingerprint density at radius 3 is 2.90 bits per heavy atom. The van der Waals surface area contributed by atoms with E-state index in [0.717, 1.165) is 19.5 Å². The number of fused-ring (bicyclic) bond motifs is 1. The Labute approximate surface area is 123 Å². The normalized spacial score (nSPS) is 15.6. The molecule has 1 aliphatic heterocycles. The molecule has 2 aromatic heterocycles. The van der Waals surface area contributed by atoms with Crippen molar-refractivity contribution in [3.63, 3.8) is 0 Å². The third-order valence-corrected chi connectivity index (χ3v) is 3.87. The quantitative estimate of drug-likeness (QED) is 0.795. The maximum atomic E-state index is 11.4. The van der Waals surface area contributed by atoms with Gasteiger partial charge in [-0.25, -0.2) is 9.78 Å². The monoisotopic (exact) mass is 288 g/mol. The highest BCUT2D eigenvalue weighted by Gasteiger charge is 2.18. The number of likely N-dealkylation sites (tertiary alicyclic amines) is 1. The van der Waals surface area contributed by atoms with Crippen LogP contribution in [-0.4, -0.2) is 51.5 Å². The first-order valence-electron chi connectivity index (χ1n) is 7.42. The average Bonchev–Trinajstić information content (AvgIpc) is 3.10. The predicted molar refractivity (Wildman–Crippen MR) is 80.9 cm³/mol. The van der Waals surface area contributed by atoms with Gasteiger partial charge in [0.15, 0.2) is 11.5 Å². The zero-order valence-electron chi connectivity index (χ0n) is 12.0. The van der Waals surface area contributed by atoms with Crippen molar-refractivity contribution in [1.29, 1.82) is 0 Å². The van der Waals surface area contributed by atoms with Gasteiger partial charge in [0.1, 0.15) is 5.65 Å². The summed E-state index contributed by atoms with van der Waals surface area (Å²) in [6, 6.07) is 5.46. The summed E-state index contributed by atoms with van der Waals surface area (Å²) < 4.78 is 1.60. The highest BCUT2D eigenvalue weighted by molar-refractivity contribution is 5.92. The van der Waals surface area contributed by atoms with E-state index in [9.17, 15) is 9.90 Å². The van der Waals surface area contributed by atoms with Crippen molar-refractivity contribution in [2.75, 3.05) is 31.5 Å². The lowest BCUT2D eigenvalue weighted by atomic mass is 10.3. The Balaban J connectivity index is 1.65. The number of hydrogen-bond donors (Lipinski definition) is 2. The van der Waals surface area contributed by atoms with E-state index >= 15 is 0 Å². The van der Waals surface area contributed by atoms with E-state index in [-0.39, 0.29) is 5.69 Å². The molecule has 0 aromatic carbocycles. The molecule has 0 bridgehead atoms. The fraction of sp³-hybridized carbons (Fsp3) is 0.467. The van der Waals surface area contributed by atoms with Crippen LogP contribution in [0.3, 0.4) is 0 Å². The van der Waals surface area contributed by atoms with Gasteiger partial charge < -0.3 is 15.3 Å². The smallest absolute Gasteiger partial charge is 0.356 e. The number of anilines is 1. The van der Waals surface area contributed by atoms with Crippen LogP contribution in [0.1, 0.15) is 29.8 Å². The van der Waals surface area contributed by atoms with Crippen molar-refractivity contribution in [2.45, 2.75) is 19.3 Å². The van der Waals surface area contributed by atoms with Crippen LogP contribution in [0, 0.1) is 0 Å². The predicted octanol–water partition coefficient (Wildman–Crippen LogP) is 1.93. The third-order valence-electron chi connectivity index (χ3n) is 3.87. The molecule has 3 rings (SSSR count). The van der Waals surface area contributed by atoms with Gasteiger partial charge in [0, 0.05) is 12.7 Å². The first kappa shape index (κ1) is 13.9. The lowest BCUT2D eigenvalue weighted by molar-refractivity contribution is 0.0690. The molecule has 6 heteroatoms. The number of carbonyl (C=O) groups is 1. The minimum absolute atomic E-state index is 0.201. The van der Waals surface area contributed by atoms with Crippen molar-refractivity contribution in [3.8, 4) is 0 Å². The highest BCUT2D eigenvalue weighted by Crippen LogP contribution is 2.17. The molecule has 3 heterocycles. The molecular formula is C15H20N4O2. The zero-order chi connectivity index (χ0) is 14.7. The van der Waals surface area contributed by atoms with E-state index < -0.39 is 5.97 Å². The van der Waals surface area contributed by atoms with Crippen LogP contribution in [-0.2, 0) is 0 Å². The summed E-state index contributed by atoms with van der Waals surface area (Å²) in [5, 5.41) is 12.5. The Morgan fingerprint density at radius 1 is 1.33 bits per heavy atom. The molecule has 21 heavy (non-hydrogen) atoms. The highest BCUT2D eigenvalue weighted by atomic mass is 16.4. The Bertz CT molecular complexity index is 632. The Morgan fingerprint density at radius 2 is 2.14 bits per heavy atom. The minimum Gasteiger partial charge on any atom is -0.476 e. The number of carboxylic acid groups (broad SMARTS) is 1. The van der Waals surface area contributed by atoms with E-state index in [1.165, 1.54) is 25.9 Å². The van der Waals surface area contributed by atoms with Gasteiger partial charge in [-0.15, -0.1) is 0 Å². The lowest BCUT2D eigenvalue weighted by Gasteiger charge is -2.14. The largest absolute Gasteiger partial charge is 0.476 e. The molecular weight excluding hydrogens is 268 g/mol. The number of aromatic carboxylic acids is 1. The Hall–Kier alpha value is -2.08.